The lowest BCUT2D eigenvalue weighted by Crippen LogP contribution is -2.00. The molecule has 1 N–H and O–H groups in total. The summed E-state index contributed by atoms with van der Waals surface area (Å²) in [6, 6.07) is 13.5. The van der Waals surface area contributed by atoms with Crippen LogP contribution >= 0.6 is 0 Å². The Labute approximate surface area is 81.8 Å². The highest BCUT2D eigenvalue weighted by Gasteiger charge is 2.03. The molecule has 0 heterocycles. The van der Waals surface area contributed by atoms with Crippen molar-refractivity contribution in [2.24, 2.45) is 0 Å². The number of carboxylic acids is 1. The van der Waals surface area contributed by atoms with Crippen LogP contribution in [0, 0.1) is 0 Å². The Hall–Kier alpha value is -1.83. The quantitative estimate of drug-likeness (QED) is 0.786. The monoisotopic (exact) mass is 188 g/mol. The summed E-state index contributed by atoms with van der Waals surface area (Å²) in [5.41, 5.74) is 0.871. The third-order valence-electron chi connectivity index (χ3n) is 2.22. The second-order valence-corrected chi connectivity index (χ2v) is 3.21. The van der Waals surface area contributed by atoms with Crippen molar-refractivity contribution in [1.82, 2.24) is 0 Å². The molecule has 0 saturated carbocycles. The van der Waals surface area contributed by atoms with Gasteiger partial charge < -0.3 is 5.11 Å². The number of aliphatic carboxylic acids is 1. The maximum Gasteiger partial charge on any atom is 0.307 e. The molecule has 0 amide bonds. The van der Waals surface area contributed by atoms with E-state index in [1.54, 1.807) is 0 Å². The molecule has 2 aromatic carbocycles. The molecule has 0 radical (unpaired) electrons. The fourth-order valence-electron chi connectivity index (χ4n) is 1.61. The summed E-state index contributed by atoms with van der Waals surface area (Å²) in [6.45, 7) is 0. The van der Waals surface area contributed by atoms with Gasteiger partial charge in [0.2, 0.25) is 0 Å². The summed E-state index contributed by atoms with van der Waals surface area (Å²) in [5.74, 6) is -0.790. The minimum Gasteiger partial charge on any atom is -0.481 e. The fraction of sp³-hybridized carbons (Fsp3) is 0.0833. The third-order valence-corrected chi connectivity index (χ3v) is 2.22. The minimum atomic E-state index is -0.790. The molecule has 0 aliphatic carbocycles. The van der Waals surface area contributed by atoms with Gasteiger partial charge in [-0.3, -0.25) is 4.79 Å². The van der Waals surface area contributed by atoms with E-state index < -0.39 is 5.97 Å². The third kappa shape index (κ3) is 1.59. The first-order valence-electron chi connectivity index (χ1n) is 4.46. The van der Waals surface area contributed by atoms with E-state index in [2.05, 4.69) is 0 Å². The van der Waals surface area contributed by atoms with E-state index in [1.807, 2.05) is 42.5 Å². The van der Waals surface area contributed by atoms with Crippen LogP contribution in [-0.2, 0) is 11.2 Å². The summed E-state index contributed by atoms with van der Waals surface area (Å²) in [4.78, 5) is 10.6. The maximum absolute atomic E-state index is 10.6. The van der Waals surface area contributed by atoms with Gasteiger partial charge in [0.15, 0.2) is 0 Å². The molecule has 0 aliphatic heterocycles. The van der Waals surface area contributed by atoms with E-state index in [4.69, 9.17) is 5.11 Å². The molecule has 0 aromatic heterocycles. The van der Waals surface area contributed by atoms with Crippen LogP contribution in [0.5, 0.6) is 0 Å². The van der Waals surface area contributed by atoms with E-state index in [1.165, 1.54) is 0 Å². The van der Waals surface area contributed by atoms with Gasteiger partial charge in [-0.2, -0.15) is 0 Å². The van der Waals surface area contributed by atoms with Crippen LogP contribution in [0.4, 0.5) is 0 Å². The summed E-state index contributed by atoms with van der Waals surface area (Å²) in [7, 11) is 0. The molecule has 0 atom stereocenters. The summed E-state index contributed by atoms with van der Waals surface area (Å²) in [5, 5.41) is 10.8. The van der Waals surface area contributed by atoms with Crippen LogP contribution in [0.25, 0.3) is 10.8 Å². The standard InChI is InChI=1S/C12H10O2/c13-12(14)8-10-6-3-5-9-4-1-2-7-11(9)10/h1-7H,8H2,(H,13,14)/i10+2. The molecule has 2 rings (SSSR count). The Morgan fingerprint density at radius 1 is 1.21 bits per heavy atom. The minimum absolute atomic E-state index is 0.0847. The molecular weight excluding hydrogens is 178 g/mol. The van der Waals surface area contributed by atoms with Gasteiger partial charge >= 0.3 is 5.97 Å². The Morgan fingerprint density at radius 3 is 2.71 bits per heavy atom. The van der Waals surface area contributed by atoms with Gasteiger partial charge in [-0.25, -0.2) is 0 Å². The second kappa shape index (κ2) is 3.50. The largest absolute Gasteiger partial charge is 0.481 e. The number of fused-ring (bicyclic) bond motifs is 1. The van der Waals surface area contributed by atoms with Crippen molar-refractivity contribution in [3.63, 3.8) is 0 Å². The van der Waals surface area contributed by atoms with Crippen LogP contribution < -0.4 is 0 Å². The van der Waals surface area contributed by atoms with Crippen molar-refractivity contribution in [3.8, 4) is 0 Å². The Balaban J connectivity index is 2.59. The van der Waals surface area contributed by atoms with Crippen LogP contribution in [0.15, 0.2) is 42.5 Å². The van der Waals surface area contributed by atoms with E-state index in [9.17, 15) is 4.79 Å². The normalized spacial score (nSPS) is 10.3. The number of carbonyl (C=O) groups is 1. The Morgan fingerprint density at radius 2 is 1.93 bits per heavy atom. The fourth-order valence-corrected chi connectivity index (χ4v) is 1.61. The lowest BCUT2D eigenvalue weighted by molar-refractivity contribution is -0.136. The lowest BCUT2D eigenvalue weighted by Gasteiger charge is -2.02. The molecule has 0 aliphatic rings. The van der Waals surface area contributed by atoms with E-state index in [0.29, 0.717) is 0 Å². The zero-order valence-electron chi connectivity index (χ0n) is 7.60. The Bertz CT molecular complexity index is 469. The molecule has 2 aromatic rings. The molecule has 0 fully saturated rings. The van der Waals surface area contributed by atoms with E-state index in [-0.39, 0.29) is 6.42 Å². The average Bonchev–Trinajstić information content (AvgIpc) is 2.18. The molecule has 2 nitrogen and oxygen atoms in total. The van der Waals surface area contributed by atoms with E-state index in [0.717, 1.165) is 16.3 Å². The second-order valence-electron chi connectivity index (χ2n) is 3.21. The molecule has 0 bridgehead atoms. The first-order chi connectivity index (χ1) is 6.77. The SMILES string of the molecule is O=C(O)C[14c]1cccc2ccccc21. The van der Waals surface area contributed by atoms with Crippen LogP contribution in [-0.4, -0.2) is 11.1 Å². The van der Waals surface area contributed by atoms with Crippen molar-refractivity contribution >= 4 is 16.7 Å². The molecule has 0 spiro atoms. The highest BCUT2D eigenvalue weighted by Crippen LogP contribution is 2.18. The molecular formula is C12H10O2. The number of hydrogen-bond donors (Lipinski definition) is 1. The zero-order valence-corrected chi connectivity index (χ0v) is 7.60. The molecule has 70 valence electrons. The van der Waals surface area contributed by atoms with Gasteiger partial charge in [-0.05, 0) is 16.3 Å². The van der Waals surface area contributed by atoms with Gasteiger partial charge in [0.1, 0.15) is 0 Å². The van der Waals surface area contributed by atoms with Crippen molar-refractivity contribution in [2.45, 2.75) is 6.42 Å². The average molecular weight is 188 g/mol. The topological polar surface area (TPSA) is 37.3 Å². The molecule has 0 unspecified atom stereocenters. The van der Waals surface area contributed by atoms with Crippen molar-refractivity contribution < 1.29 is 9.90 Å². The molecule has 14 heavy (non-hydrogen) atoms. The Kier molecular flexibility index (Phi) is 2.19. The zero-order chi connectivity index (χ0) is 9.97. The van der Waals surface area contributed by atoms with Gasteiger partial charge in [-0.1, -0.05) is 42.5 Å². The van der Waals surface area contributed by atoms with Crippen LogP contribution in [0.1, 0.15) is 5.56 Å². The van der Waals surface area contributed by atoms with Crippen LogP contribution in [0.2, 0.25) is 0 Å². The number of carboxylic acid groups (broad SMARTS) is 1. The highest BCUT2D eigenvalue weighted by molar-refractivity contribution is 5.88. The number of hydrogen-bond acceptors (Lipinski definition) is 1. The smallest absolute Gasteiger partial charge is 0.307 e. The summed E-state index contributed by atoms with van der Waals surface area (Å²) in [6.07, 6.45) is 0.0847. The lowest BCUT2D eigenvalue weighted by atomic mass is 10.2. The summed E-state index contributed by atoms with van der Waals surface area (Å²) < 4.78 is 0. The molecule has 2 heteroatoms. The van der Waals surface area contributed by atoms with Gasteiger partial charge in [-0.15, -0.1) is 0 Å². The van der Waals surface area contributed by atoms with Crippen LogP contribution in [0.3, 0.4) is 0 Å². The van der Waals surface area contributed by atoms with E-state index >= 15 is 0 Å². The van der Waals surface area contributed by atoms with Crippen molar-refractivity contribution in [2.75, 3.05) is 0 Å². The first-order valence-corrected chi connectivity index (χ1v) is 4.46. The van der Waals surface area contributed by atoms with Crippen molar-refractivity contribution in [3.05, 3.63) is 48.0 Å². The summed E-state index contributed by atoms with van der Waals surface area (Å²) >= 11 is 0. The maximum atomic E-state index is 10.6. The van der Waals surface area contributed by atoms with Gasteiger partial charge in [0, 0.05) is 0 Å². The van der Waals surface area contributed by atoms with Gasteiger partial charge in [0.05, 0.1) is 6.42 Å². The van der Waals surface area contributed by atoms with Crippen molar-refractivity contribution in [1.29, 1.82) is 0 Å². The van der Waals surface area contributed by atoms with Gasteiger partial charge in [0.25, 0.3) is 0 Å². The number of rotatable bonds is 2. The predicted molar refractivity (Wildman–Crippen MR) is 55.3 cm³/mol. The molecule has 0 saturated heterocycles. The number of benzene rings is 2. The first kappa shape index (κ1) is 8.75. The predicted octanol–water partition coefficient (Wildman–Crippen LogP) is 2.47. The highest BCUT2D eigenvalue weighted by atomic mass is 16.4.